The normalized spacial score (nSPS) is 10.4. The van der Waals surface area contributed by atoms with E-state index in [2.05, 4.69) is 38.4 Å². The van der Waals surface area contributed by atoms with Crippen molar-refractivity contribution in [2.75, 3.05) is 17.3 Å². The van der Waals surface area contributed by atoms with Crippen LogP contribution in [-0.4, -0.2) is 17.0 Å². The van der Waals surface area contributed by atoms with Gasteiger partial charge in [0.25, 0.3) is 0 Å². The standard InChI is InChI=1S/C19H19ClN4/c1-24(14-15-7-3-2-4-8-15)19-16(9-5-12-22-19)13-23-18-17(20)10-6-11-21-18/h2-12H,13-14H2,1H3,(H,21,23). The lowest BCUT2D eigenvalue weighted by Gasteiger charge is -2.21. The SMILES string of the molecule is CN(Cc1ccccc1)c1ncccc1CNc1ncccc1Cl. The van der Waals surface area contributed by atoms with Gasteiger partial charge in [0, 0.05) is 38.1 Å². The Morgan fingerprint density at radius 1 is 0.958 bits per heavy atom. The number of aromatic nitrogens is 2. The second-order valence-electron chi connectivity index (χ2n) is 5.52. The summed E-state index contributed by atoms with van der Waals surface area (Å²) < 4.78 is 0. The Hall–Kier alpha value is -2.59. The zero-order chi connectivity index (χ0) is 16.8. The highest BCUT2D eigenvalue weighted by molar-refractivity contribution is 6.32. The maximum Gasteiger partial charge on any atom is 0.145 e. The maximum absolute atomic E-state index is 6.15. The van der Waals surface area contributed by atoms with Gasteiger partial charge in [-0.3, -0.25) is 0 Å². The lowest BCUT2D eigenvalue weighted by molar-refractivity contribution is 0.881. The van der Waals surface area contributed by atoms with Crippen LogP contribution < -0.4 is 10.2 Å². The summed E-state index contributed by atoms with van der Waals surface area (Å²) in [5.74, 6) is 1.63. The summed E-state index contributed by atoms with van der Waals surface area (Å²) in [5.41, 5.74) is 2.34. The van der Waals surface area contributed by atoms with Crippen LogP contribution in [-0.2, 0) is 13.1 Å². The molecule has 0 fully saturated rings. The van der Waals surface area contributed by atoms with E-state index in [4.69, 9.17) is 11.6 Å². The topological polar surface area (TPSA) is 41.1 Å². The quantitative estimate of drug-likeness (QED) is 0.724. The van der Waals surface area contributed by atoms with Crippen LogP contribution in [0.1, 0.15) is 11.1 Å². The smallest absolute Gasteiger partial charge is 0.145 e. The molecule has 0 amide bonds. The number of halogens is 1. The molecule has 122 valence electrons. The van der Waals surface area contributed by atoms with Gasteiger partial charge in [0.15, 0.2) is 0 Å². The number of anilines is 2. The predicted molar refractivity (Wildman–Crippen MR) is 99.4 cm³/mol. The third kappa shape index (κ3) is 4.03. The molecule has 1 N–H and O–H groups in total. The van der Waals surface area contributed by atoms with E-state index in [9.17, 15) is 0 Å². The van der Waals surface area contributed by atoms with Crippen LogP contribution in [0.25, 0.3) is 0 Å². The van der Waals surface area contributed by atoms with Crippen LogP contribution in [0.5, 0.6) is 0 Å². The summed E-state index contributed by atoms with van der Waals surface area (Å²) in [6.45, 7) is 1.41. The van der Waals surface area contributed by atoms with E-state index < -0.39 is 0 Å². The minimum Gasteiger partial charge on any atom is -0.365 e. The van der Waals surface area contributed by atoms with Crippen LogP contribution in [0.3, 0.4) is 0 Å². The molecule has 24 heavy (non-hydrogen) atoms. The fraction of sp³-hybridized carbons (Fsp3) is 0.158. The van der Waals surface area contributed by atoms with E-state index >= 15 is 0 Å². The third-order valence-corrected chi connectivity index (χ3v) is 4.00. The minimum atomic E-state index is 0.610. The van der Waals surface area contributed by atoms with Gasteiger partial charge < -0.3 is 10.2 Å². The van der Waals surface area contributed by atoms with Gasteiger partial charge in [-0.05, 0) is 23.8 Å². The second kappa shape index (κ2) is 7.79. The lowest BCUT2D eigenvalue weighted by atomic mass is 10.2. The molecule has 0 aliphatic carbocycles. The highest BCUT2D eigenvalue weighted by Gasteiger charge is 2.10. The minimum absolute atomic E-state index is 0.610. The van der Waals surface area contributed by atoms with Crippen molar-refractivity contribution in [1.29, 1.82) is 0 Å². The summed E-state index contributed by atoms with van der Waals surface area (Å²) in [4.78, 5) is 10.9. The van der Waals surface area contributed by atoms with Crippen molar-refractivity contribution in [3.63, 3.8) is 0 Å². The number of benzene rings is 1. The van der Waals surface area contributed by atoms with Crippen molar-refractivity contribution in [3.05, 3.63) is 83.1 Å². The molecule has 0 radical (unpaired) electrons. The Balaban J connectivity index is 1.74. The second-order valence-corrected chi connectivity index (χ2v) is 5.92. The molecule has 2 aromatic heterocycles. The van der Waals surface area contributed by atoms with Crippen LogP contribution in [0.4, 0.5) is 11.6 Å². The van der Waals surface area contributed by atoms with E-state index in [1.807, 2.05) is 49.6 Å². The van der Waals surface area contributed by atoms with E-state index in [0.717, 1.165) is 17.9 Å². The van der Waals surface area contributed by atoms with Gasteiger partial charge >= 0.3 is 0 Å². The molecule has 0 aliphatic heterocycles. The Bertz CT molecular complexity index is 792. The summed E-state index contributed by atoms with van der Waals surface area (Å²) in [6, 6.07) is 18.0. The average Bonchev–Trinajstić information content (AvgIpc) is 2.62. The molecule has 0 saturated carbocycles. The lowest BCUT2D eigenvalue weighted by Crippen LogP contribution is -2.20. The molecule has 3 rings (SSSR count). The van der Waals surface area contributed by atoms with Crippen LogP contribution in [0.15, 0.2) is 67.0 Å². The summed E-state index contributed by atoms with van der Waals surface area (Å²) in [6.07, 6.45) is 3.54. The number of nitrogens with one attached hydrogen (secondary N) is 1. The first-order chi connectivity index (χ1) is 11.7. The van der Waals surface area contributed by atoms with Gasteiger partial charge in [0.05, 0.1) is 5.02 Å². The Labute approximate surface area is 147 Å². The summed E-state index contributed by atoms with van der Waals surface area (Å²) in [5, 5.41) is 3.89. The molecule has 1 aromatic carbocycles. The van der Waals surface area contributed by atoms with Crippen LogP contribution in [0, 0.1) is 0 Å². The molecule has 0 saturated heterocycles. The van der Waals surface area contributed by atoms with Gasteiger partial charge in [-0.2, -0.15) is 0 Å². The zero-order valence-electron chi connectivity index (χ0n) is 13.5. The molecule has 0 atom stereocenters. The highest BCUT2D eigenvalue weighted by Crippen LogP contribution is 2.22. The molecule has 0 aliphatic rings. The Morgan fingerprint density at radius 3 is 2.50 bits per heavy atom. The predicted octanol–water partition coefficient (Wildman–Crippen LogP) is 4.38. The van der Waals surface area contributed by atoms with Crippen molar-refractivity contribution >= 4 is 23.2 Å². The van der Waals surface area contributed by atoms with Crippen LogP contribution in [0.2, 0.25) is 5.02 Å². The third-order valence-electron chi connectivity index (χ3n) is 3.70. The first-order valence-corrected chi connectivity index (χ1v) is 8.15. The fourth-order valence-electron chi connectivity index (χ4n) is 2.54. The van der Waals surface area contributed by atoms with E-state index in [-0.39, 0.29) is 0 Å². The van der Waals surface area contributed by atoms with Crippen molar-refractivity contribution in [2.24, 2.45) is 0 Å². The molecule has 0 spiro atoms. The number of pyridine rings is 2. The molecule has 3 aromatic rings. The summed E-state index contributed by atoms with van der Waals surface area (Å²) in [7, 11) is 2.05. The van der Waals surface area contributed by atoms with Gasteiger partial charge in [-0.1, -0.05) is 48.0 Å². The first kappa shape index (κ1) is 16.3. The van der Waals surface area contributed by atoms with Gasteiger partial charge in [0.1, 0.15) is 11.6 Å². The molecular weight excluding hydrogens is 320 g/mol. The Kier molecular flexibility index (Phi) is 5.29. The van der Waals surface area contributed by atoms with E-state index in [0.29, 0.717) is 17.4 Å². The number of hydrogen-bond acceptors (Lipinski definition) is 4. The van der Waals surface area contributed by atoms with Crippen molar-refractivity contribution < 1.29 is 0 Å². The van der Waals surface area contributed by atoms with E-state index in [1.165, 1.54) is 5.56 Å². The Morgan fingerprint density at radius 2 is 1.71 bits per heavy atom. The molecule has 5 heteroatoms. The summed E-state index contributed by atoms with van der Waals surface area (Å²) >= 11 is 6.15. The van der Waals surface area contributed by atoms with Gasteiger partial charge in [0.2, 0.25) is 0 Å². The molecule has 2 heterocycles. The average molecular weight is 339 g/mol. The monoisotopic (exact) mass is 338 g/mol. The number of nitrogens with zero attached hydrogens (tertiary/aromatic N) is 3. The van der Waals surface area contributed by atoms with E-state index in [1.54, 1.807) is 6.20 Å². The van der Waals surface area contributed by atoms with Crippen molar-refractivity contribution in [3.8, 4) is 0 Å². The molecule has 4 nitrogen and oxygen atoms in total. The number of rotatable bonds is 6. The largest absolute Gasteiger partial charge is 0.365 e. The molecular formula is C19H19ClN4. The van der Waals surface area contributed by atoms with Crippen molar-refractivity contribution in [1.82, 2.24) is 9.97 Å². The molecule has 0 bridgehead atoms. The van der Waals surface area contributed by atoms with Gasteiger partial charge in [-0.15, -0.1) is 0 Å². The maximum atomic E-state index is 6.15. The van der Waals surface area contributed by atoms with Crippen LogP contribution >= 0.6 is 11.6 Å². The number of hydrogen-bond donors (Lipinski definition) is 1. The fourth-order valence-corrected chi connectivity index (χ4v) is 2.73. The molecule has 0 unspecified atom stereocenters. The van der Waals surface area contributed by atoms with Crippen molar-refractivity contribution in [2.45, 2.75) is 13.1 Å². The zero-order valence-corrected chi connectivity index (χ0v) is 14.2. The first-order valence-electron chi connectivity index (χ1n) is 7.77. The highest BCUT2D eigenvalue weighted by atomic mass is 35.5. The van der Waals surface area contributed by atoms with Gasteiger partial charge in [-0.25, -0.2) is 9.97 Å².